The van der Waals surface area contributed by atoms with Gasteiger partial charge in [0.15, 0.2) is 0 Å². The van der Waals surface area contributed by atoms with Gasteiger partial charge in [-0.05, 0) is 49.7 Å². The summed E-state index contributed by atoms with van der Waals surface area (Å²) in [6.07, 6.45) is 6.44. The number of ether oxygens (including phenoxy) is 1. The number of hydrogen-bond acceptors (Lipinski definition) is 3. The minimum atomic E-state index is -0.809. The van der Waals surface area contributed by atoms with Gasteiger partial charge in [0.1, 0.15) is 0 Å². The summed E-state index contributed by atoms with van der Waals surface area (Å²) in [6, 6.07) is 8.35. The third-order valence-corrected chi connectivity index (χ3v) is 5.95. The Morgan fingerprint density at radius 1 is 1.30 bits per heavy atom. The van der Waals surface area contributed by atoms with E-state index in [1.807, 2.05) is 6.07 Å². The fraction of sp³-hybridized carbons (Fsp3) is 0.647. The minimum absolute atomic E-state index is 0.133. The predicted octanol–water partition coefficient (Wildman–Crippen LogP) is 2.11. The lowest BCUT2D eigenvalue weighted by atomic mass is 9.57. The molecule has 2 bridgehead atoms. The predicted molar refractivity (Wildman–Crippen MR) is 77.3 cm³/mol. The first-order valence-electron chi connectivity index (χ1n) is 7.86. The van der Waals surface area contributed by atoms with E-state index in [-0.39, 0.29) is 11.5 Å². The van der Waals surface area contributed by atoms with Gasteiger partial charge in [-0.2, -0.15) is 0 Å². The van der Waals surface area contributed by atoms with Gasteiger partial charge in [0, 0.05) is 12.0 Å². The number of aryl methyl sites for hydroxylation is 1. The molecule has 2 fully saturated rings. The van der Waals surface area contributed by atoms with Crippen LogP contribution in [0.2, 0.25) is 0 Å². The first kappa shape index (κ1) is 12.8. The molecule has 0 saturated carbocycles. The molecule has 2 heterocycles. The topological polar surface area (TPSA) is 55.5 Å². The van der Waals surface area contributed by atoms with Crippen LogP contribution >= 0.6 is 0 Å². The van der Waals surface area contributed by atoms with Crippen molar-refractivity contribution in [2.45, 2.75) is 56.3 Å². The molecule has 1 aromatic carbocycles. The molecule has 3 heteroatoms. The molecular formula is C17H23NO2. The third kappa shape index (κ3) is 1.46. The molecule has 0 amide bonds. The zero-order valence-corrected chi connectivity index (χ0v) is 11.8. The van der Waals surface area contributed by atoms with Crippen molar-refractivity contribution >= 4 is 0 Å². The summed E-state index contributed by atoms with van der Waals surface area (Å²) in [5.74, 6) is 0. The van der Waals surface area contributed by atoms with Crippen molar-refractivity contribution in [2.24, 2.45) is 11.1 Å². The quantitative estimate of drug-likeness (QED) is 0.867. The van der Waals surface area contributed by atoms with Crippen molar-refractivity contribution in [3.63, 3.8) is 0 Å². The molecule has 0 aromatic heterocycles. The molecule has 108 valence electrons. The molecule has 2 saturated heterocycles. The van der Waals surface area contributed by atoms with E-state index in [0.29, 0.717) is 12.6 Å². The normalized spacial score (nSPS) is 42.7. The van der Waals surface area contributed by atoms with Crippen LogP contribution < -0.4 is 5.73 Å². The standard InChI is InChI=1S/C17H23NO2/c18-11-16(10-13-7-8-15(16)20-13)17(19)9-3-5-12-4-1-2-6-14(12)17/h1-2,4,6,13,15,19H,3,5,7-11,18H2. The lowest BCUT2D eigenvalue weighted by Crippen LogP contribution is -2.57. The Morgan fingerprint density at radius 3 is 2.85 bits per heavy atom. The van der Waals surface area contributed by atoms with Gasteiger partial charge in [-0.15, -0.1) is 0 Å². The molecule has 20 heavy (non-hydrogen) atoms. The van der Waals surface area contributed by atoms with Crippen LogP contribution in [0.4, 0.5) is 0 Å². The van der Waals surface area contributed by atoms with Crippen LogP contribution in [0.15, 0.2) is 24.3 Å². The Morgan fingerprint density at radius 2 is 2.15 bits per heavy atom. The number of aliphatic hydroxyl groups is 1. The first-order valence-corrected chi connectivity index (χ1v) is 7.86. The molecule has 3 nitrogen and oxygen atoms in total. The van der Waals surface area contributed by atoms with E-state index < -0.39 is 5.60 Å². The summed E-state index contributed by atoms with van der Waals surface area (Å²) < 4.78 is 6.07. The summed E-state index contributed by atoms with van der Waals surface area (Å²) in [4.78, 5) is 0. The smallest absolute Gasteiger partial charge is 0.0993 e. The maximum Gasteiger partial charge on any atom is 0.0993 e. The highest BCUT2D eigenvalue weighted by atomic mass is 16.5. The molecule has 4 unspecified atom stereocenters. The fourth-order valence-corrected chi connectivity index (χ4v) is 4.95. The molecule has 2 aliphatic heterocycles. The van der Waals surface area contributed by atoms with E-state index in [0.717, 1.165) is 44.1 Å². The highest BCUT2D eigenvalue weighted by molar-refractivity contribution is 5.38. The monoisotopic (exact) mass is 273 g/mol. The maximum absolute atomic E-state index is 11.6. The van der Waals surface area contributed by atoms with Gasteiger partial charge in [-0.1, -0.05) is 24.3 Å². The molecule has 1 aromatic rings. The number of nitrogens with two attached hydrogens (primary N) is 1. The second kappa shape index (κ2) is 4.30. The molecule has 3 aliphatic rings. The minimum Gasteiger partial charge on any atom is -0.384 e. The maximum atomic E-state index is 11.6. The van der Waals surface area contributed by atoms with E-state index in [2.05, 4.69) is 18.2 Å². The van der Waals surface area contributed by atoms with Gasteiger partial charge in [0.2, 0.25) is 0 Å². The molecule has 0 radical (unpaired) electrons. The Bertz CT molecular complexity index is 531. The number of fused-ring (bicyclic) bond motifs is 3. The fourth-order valence-electron chi connectivity index (χ4n) is 4.95. The molecule has 3 N–H and O–H groups in total. The van der Waals surface area contributed by atoms with Gasteiger partial charge < -0.3 is 15.6 Å². The Balaban J connectivity index is 1.84. The van der Waals surface area contributed by atoms with Gasteiger partial charge in [0.05, 0.1) is 17.8 Å². The average molecular weight is 273 g/mol. The number of benzene rings is 1. The van der Waals surface area contributed by atoms with Gasteiger partial charge in [0.25, 0.3) is 0 Å². The number of hydrogen-bond donors (Lipinski definition) is 2. The molecular weight excluding hydrogens is 250 g/mol. The summed E-state index contributed by atoms with van der Waals surface area (Å²) >= 11 is 0. The molecule has 4 atom stereocenters. The Hall–Kier alpha value is -0.900. The summed E-state index contributed by atoms with van der Waals surface area (Å²) in [7, 11) is 0. The molecule has 1 aliphatic carbocycles. The third-order valence-electron chi connectivity index (χ3n) is 5.95. The number of rotatable bonds is 2. The molecule has 0 spiro atoms. The van der Waals surface area contributed by atoms with E-state index in [1.165, 1.54) is 5.56 Å². The largest absolute Gasteiger partial charge is 0.384 e. The van der Waals surface area contributed by atoms with E-state index >= 15 is 0 Å². The highest BCUT2D eigenvalue weighted by Crippen LogP contribution is 2.59. The summed E-state index contributed by atoms with van der Waals surface area (Å²) in [5, 5.41) is 11.6. The molecule has 4 rings (SSSR count). The van der Waals surface area contributed by atoms with Crippen LogP contribution in [0.1, 0.15) is 43.2 Å². The zero-order valence-electron chi connectivity index (χ0n) is 11.8. The Kier molecular flexibility index (Phi) is 2.75. The van der Waals surface area contributed by atoms with E-state index in [1.54, 1.807) is 0 Å². The SMILES string of the molecule is NCC1(C2(O)CCCc3ccccc32)CC2CCC1O2. The van der Waals surface area contributed by atoms with Crippen LogP contribution in [0.25, 0.3) is 0 Å². The van der Waals surface area contributed by atoms with Crippen molar-refractivity contribution in [2.75, 3.05) is 6.54 Å². The lowest BCUT2D eigenvalue weighted by Gasteiger charge is -2.50. The van der Waals surface area contributed by atoms with Gasteiger partial charge in [-0.25, -0.2) is 0 Å². The second-order valence-corrected chi connectivity index (χ2v) is 6.76. The van der Waals surface area contributed by atoms with Crippen molar-refractivity contribution in [3.8, 4) is 0 Å². The lowest BCUT2D eigenvalue weighted by molar-refractivity contribution is -0.128. The second-order valence-electron chi connectivity index (χ2n) is 6.76. The van der Waals surface area contributed by atoms with Crippen LogP contribution in [-0.2, 0) is 16.8 Å². The van der Waals surface area contributed by atoms with Crippen molar-refractivity contribution in [1.82, 2.24) is 0 Å². The summed E-state index contributed by atoms with van der Waals surface area (Å²) in [6.45, 7) is 0.513. The van der Waals surface area contributed by atoms with Crippen molar-refractivity contribution < 1.29 is 9.84 Å². The van der Waals surface area contributed by atoms with Crippen LogP contribution in [0.5, 0.6) is 0 Å². The van der Waals surface area contributed by atoms with Gasteiger partial charge in [-0.3, -0.25) is 0 Å². The highest BCUT2D eigenvalue weighted by Gasteiger charge is 2.63. The van der Waals surface area contributed by atoms with Crippen molar-refractivity contribution in [1.29, 1.82) is 0 Å². The summed E-state index contributed by atoms with van der Waals surface area (Å²) in [5.41, 5.74) is 7.49. The van der Waals surface area contributed by atoms with E-state index in [9.17, 15) is 5.11 Å². The zero-order chi connectivity index (χ0) is 13.8. The van der Waals surface area contributed by atoms with Crippen molar-refractivity contribution in [3.05, 3.63) is 35.4 Å². The first-order chi connectivity index (χ1) is 9.69. The average Bonchev–Trinajstić information content (AvgIpc) is 3.09. The van der Waals surface area contributed by atoms with Crippen LogP contribution in [0.3, 0.4) is 0 Å². The van der Waals surface area contributed by atoms with Crippen LogP contribution in [0, 0.1) is 5.41 Å². The Labute approximate surface area is 120 Å². The van der Waals surface area contributed by atoms with E-state index in [4.69, 9.17) is 10.5 Å². The van der Waals surface area contributed by atoms with Crippen LogP contribution in [-0.4, -0.2) is 23.9 Å². The van der Waals surface area contributed by atoms with Gasteiger partial charge >= 0.3 is 0 Å².